The second kappa shape index (κ2) is 70.0. The number of likely N-dealkylation sites (N-methyl/N-ethyl adjacent to an activating group) is 1. The molecule has 0 aromatic rings. The summed E-state index contributed by atoms with van der Waals surface area (Å²) in [5.41, 5.74) is 0. The van der Waals surface area contributed by atoms with Gasteiger partial charge in [0.15, 0.2) is 0 Å². The zero-order chi connectivity index (χ0) is 65.6. The van der Waals surface area contributed by atoms with E-state index in [1.807, 2.05) is 33.3 Å². The summed E-state index contributed by atoms with van der Waals surface area (Å²) < 4.78 is 30.6. The van der Waals surface area contributed by atoms with Crippen LogP contribution in [0, 0.1) is 0 Å². The lowest BCUT2D eigenvalue weighted by atomic mass is 10.0. The maximum absolute atomic E-state index is 13.6. The molecule has 0 fully saturated rings. The molecule has 0 bridgehead atoms. The van der Waals surface area contributed by atoms with Gasteiger partial charge in [-0.15, -0.1) is 0 Å². The van der Waals surface area contributed by atoms with Crippen LogP contribution >= 0.6 is 7.82 Å². The lowest BCUT2D eigenvalue weighted by Gasteiger charge is -2.30. The van der Waals surface area contributed by atoms with Crippen molar-refractivity contribution in [2.24, 2.45) is 0 Å². The predicted molar refractivity (Wildman–Crippen MR) is 390 cm³/mol. The highest BCUT2D eigenvalue weighted by Crippen LogP contribution is 2.38. The van der Waals surface area contributed by atoms with E-state index in [9.17, 15) is 19.0 Å². The van der Waals surface area contributed by atoms with E-state index < -0.39 is 20.0 Å². The molecule has 0 heterocycles. The van der Waals surface area contributed by atoms with Crippen molar-refractivity contribution in [2.75, 3.05) is 40.9 Å². The zero-order valence-corrected chi connectivity index (χ0v) is 62.0. The van der Waals surface area contributed by atoms with E-state index in [2.05, 4.69) is 50.4 Å². The van der Waals surface area contributed by atoms with Gasteiger partial charge in [0.1, 0.15) is 19.3 Å². The Labute approximate surface area is 561 Å². The molecule has 0 aromatic heterocycles. The van der Waals surface area contributed by atoms with Gasteiger partial charge in [0.2, 0.25) is 5.91 Å². The monoisotopic (exact) mass is 1290 g/mol. The number of esters is 1. The van der Waals surface area contributed by atoms with Crippen LogP contribution in [0.2, 0.25) is 0 Å². The second-order valence-electron chi connectivity index (χ2n) is 28.6. The molecule has 1 N–H and O–H groups in total. The van der Waals surface area contributed by atoms with Gasteiger partial charge in [-0.2, -0.15) is 0 Å². The van der Waals surface area contributed by atoms with E-state index in [0.717, 1.165) is 57.8 Å². The van der Waals surface area contributed by atoms with Gasteiger partial charge >= 0.3 is 5.97 Å². The first kappa shape index (κ1) is 88.2. The standard InChI is InChI=1S/C80H155N2O7P/c1-7-10-13-16-19-22-25-28-30-32-34-36-38-40-41-43-44-46-48-50-52-54-57-60-63-66-69-72-79(83)81-77(76-88-90(85,86)87-75-74-82(4,5)6)78(71-68-65-62-59-56-27-24-21-18-15-12-9-3)89-80(84)73-70-67-64-61-58-55-53-51-49-47-45-42-39-37-35-33-31-29-26-23-20-17-14-11-8-2/h28-31,68,71,77-78H,7-27,32-67,69-70,72-76H2,1-6H3,(H-,81,83,85,86)/b30-28+,31-29+,71-68+. The number of carbonyl (C=O) groups is 2. The number of unbranched alkanes of at least 4 members (excludes halogenated alkanes) is 54. The fourth-order valence-electron chi connectivity index (χ4n) is 12.2. The van der Waals surface area contributed by atoms with Crippen molar-refractivity contribution in [1.29, 1.82) is 0 Å². The van der Waals surface area contributed by atoms with Gasteiger partial charge in [0.25, 0.3) is 7.82 Å². The molecule has 0 spiro atoms. The Hall–Kier alpha value is -1.77. The fraction of sp³-hybridized carbons (Fsp3) is 0.900. The van der Waals surface area contributed by atoms with Crippen LogP contribution in [0.4, 0.5) is 0 Å². The number of quaternary nitrogens is 1. The number of hydrogen-bond acceptors (Lipinski definition) is 7. The molecule has 0 aromatic carbocycles. The van der Waals surface area contributed by atoms with Crippen molar-refractivity contribution in [3.63, 3.8) is 0 Å². The Morgan fingerprint density at radius 1 is 0.378 bits per heavy atom. The first-order valence-corrected chi connectivity index (χ1v) is 41.3. The maximum atomic E-state index is 13.6. The average molecular weight is 1290 g/mol. The molecular weight excluding hydrogens is 1130 g/mol. The molecule has 3 atom stereocenters. The third kappa shape index (κ3) is 70.5. The molecule has 0 aliphatic carbocycles. The van der Waals surface area contributed by atoms with Gasteiger partial charge in [-0.3, -0.25) is 14.2 Å². The minimum Gasteiger partial charge on any atom is -0.756 e. The molecule has 3 unspecified atom stereocenters. The summed E-state index contributed by atoms with van der Waals surface area (Å²) >= 11 is 0. The summed E-state index contributed by atoms with van der Waals surface area (Å²) in [6, 6.07) is -0.886. The van der Waals surface area contributed by atoms with Crippen molar-refractivity contribution in [3.05, 3.63) is 36.5 Å². The van der Waals surface area contributed by atoms with Crippen LogP contribution < -0.4 is 10.2 Å². The Bertz CT molecular complexity index is 1630. The Morgan fingerprint density at radius 2 is 0.644 bits per heavy atom. The number of carbonyl (C=O) groups excluding carboxylic acids is 2. The molecule has 10 heteroatoms. The molecule has 0 aliphatic heterocycles. The van der Waals surface area contributed by atoms with Crippen molar-refractivity contribution < 1.29 is 37.3 Å². The Kier molecular flexibility index (Phi) is 68.7. The number of nitrogens with zero attached hydrogens (tertiary/aromatic N) is 1. The number of allylic oxidation sites excluding steroid dienone is 5. The number of amides is 1. The molecule has 1 amide bonds. The number of ether oxygens (including phenoxy) is 1. The fourth-order valence-corrected chi connectivity index (χ4v) is 12.9. The van der Waals surface area contributed by atoms with Gasteiger partial charge in [0.05, 0.1) is 33.8 Å². The van der Waals surface area contributed by atoms with Crippen LogP contribution in [0.15, 0.2) is 36.5 Å². The molecular formula is C80H155N2O7P. The third-order valence-corrected chi connectivity index (χ3v) is 19.3. The molecule has 0 aliphatic rings. The summed E-state index contributed by atoms with van der Waals surface area (Å²) in [4.78, 5) is 40.3. The molecule has 0 saturated heterocycles. The second-order valence-corrected chi connectivity index (χ2v) is 30.0. The van der Waals surface area contributed by atoms with Crippen LogP contribution in [0.1, 0.15) is 412 Å². The van der Waals surface area contributed by atoms with E-state index in [1.54, 1.807) is 0 Å². The predicted octanol–water partition coefficient (Wildman–Crippen LogP) is 25.1. The number of rotatable bonds is 74. The summed E-state index contributed by atoms with van der Waals surface area (Å²) in [7, 11) is 1.21. The summed E-state index contributed by atoms with van der Waals surface area (Å²) in [5, 5.41) is 3.06. The van der Waals surface area contributed by atoms with E-state index in [1.165, 1.54) is 321 Å². The highest BCUT2D eigenvalue weighted by Gasteiger charge is 2.27. The molecule has 0 saturated carbocycles. The number of phosphoric acid groups is 1. The minimum atomic E-state index is -4.70. The molecule has 9 nitrogen and oxygen atoms in total. The topological polar surface area (TPSA) is 114 Å². The van der Waals surface area contributed by atoms with E-state index in [-0.39, 0.29) is 31.5 Å². The average Bonchev–Trinajstić information content (AvgIpc) is 3.04. The number of nitrogens with one attached hydrogen (secondary N) is 1. The number of hydrogen-bond donors (Lipinski definition) is 1. The smallest absolute Gasteiger partial charge is 0.306 e. The van der Waals surface area contributed by atoms with Crippen molar-refractivity contribution in [1.82, 2.24) is 5.32 Å². The largest absolute Gasteiger partial charge is 0.756 e. The Balaban J connectivity index is 4.89. The van der Waals surface area contributed by atoms with Crippen LogP contribution in [-0.2, 0) is 27.9 Å². The lowest BCUT2D eigenvalue weighted by molar-refractivity contribution is -0.870. The first-order valence-electron chi connectivity index (χ1n) is 39.8. The summed E-state index contributed by atoms with van der Waals surface area (Å²) in [6.45, 7) is 6.91. The lowest BCUT2D eigenvalue weighted by Crippen LogP contribution is -2.47. The highest BCUT2D eigenvalue weighted by molar-refractivity contribution is 7.45. The minimum absolute atomic E-state index is 0.0187. The van der Waals surface area contributed by atoms with Crippen LogP contribution in [0.5, 0.6) is 0 Å². The molecule has 0 rings (SSSR count). The quantitative estimate of drug-likeness (QED) is 0.0212. The van der Waals surface area contributed by atoms with Gasteiger partial charge in [0, 0.05) is 12.8 Å². The first-order chi connectivity index (χ1) is 43.9. The van der Waals surface area contributed by atoms with Crippen LogP contribution in [0.25, 0.3) is 0 Å². The van der Waals surface area contributed by atoms with Crippen LogP contribution in [-0.4, -0.2) is 69.4 Å². The van der Waals surface area contributed by atoms with Gasteiger partial charge in [-0.1, -0.05) is 353 Å². The van der Waals surface area contributed by atoms with E-state index >= 15 is 0 Å². The van der Waals surface area contributed by atoms with E-state index in [0.29, 0.717) is 17.4 Å². The summed E-state index contributed by atoms with van der Waals surface area (Å²) in [6.07, 6.45) is 88.7. The van der Waals surface area contributed by atoms with E-state index in [4.69, 9.17) is 13.8 Å². The third-order valence-electron chi connectivity index (χ3n) is 18.3. The van der Waals surface area contributed by atoms with Crippen molar-refractivity contribution >= 4 is 19.7 Å². The zero-order valence-electron chi connectivity index (χ0n) is 61.1. The van der Waals surface area contributed by atoms with Crippen molar-refractivity contribution in [2.45, 2.75) is 425 Å². The normalized spacial score (nSPS) is 13.5. The summed E-state index contributed by atoms with van der Waals surface area (Å²) in [5.74, 6) is -0.516. The molecule has 0 radical (unpaired) electrons. The van der Waals surface area contributed by atoms with Crippen LogP contribution in [0.3, 0.4) is 0 Å². The maximum Gasteiger partial charge on any atom is 0.306 e. The highest BCUT2D eigenvalue weighted by atomic mass is 31.2. The number of phosphoric ester groups is 1. The Morgan fingerprint density at radius 3 is 0.944 bits per heavy atom. The SMILES string of the molecule is CCCCCCCC/C=C/CCCCCCCCCCCCCCCCCCCC(=O)NC(COP(=O)([O-])OCC[N+](C)(C)C)C(/C=C/CCCCCCCCCCCC)OC(=O)CCCCCCCCCCCCCCCCC/C=C/CCCCCCCC. The van der Waals surface area contributed by atoms with Crippen molar-refractivity contribution in [3.8, 4) is 0 Å². The van der Waals surface area contributed by atoms with Gasteiger partial charge in [-0.25, -0.2) is 0 Å². The molecule has 532 valence electrons. The molecule has 90 heavy (non-hydrogen) atoms. The van der Waals surface area contributed by atoms with Gasteiger partial charge < -0.3 is 28.5 Å². The van der Waals surface area contributed by atoms with Gasteiger partial charge in [-0.05, 0) is 83.1 Å².